The lowest BCUT2D eigenvalue weighted by Gasteiger charge is -2.11. The zero-order valence-corrected chi connectivity index (χ0v) is 11.6. The minimum atomic E-state index is -3.83. The lowest BCUT2D eigenvalue weighted by atomic mass is 10.2. The van der Waals surface area contributed by atoms with E-state index in [0.29, 0.717) is 0 Å². The van der Waals surface area contributed by atoms with E-state index in [1.54, 1.807) is 0 Å². The Bertz CT molecular complexity index is 561. The fourth-order valence-electron chi connectivity index (χ4n) is 1.20. The van der Waals surface area contributed by atoms with E-state index >= 15 is 0 Å². The zero-order valence-electron chi connectivity index (χ0n) is 10.0. The van der Waals surface area contributed by atoms with Crippen LogP contribution in [-0.4, -0.2) is 39.8 Å². The Labute approximate surface area is 115 Å². The summed E-state index contributed by atoms with van der Waals surface area (Å²) in [6, 6.07) is 3.72. The highest BCUT2D eigenvalue weighted by atomic mass is 35.5. The maximum Gasteiger partial charge on any atom is 0.335 e. The van der Waals surface area contributed by atoms with Gasteiger partial charge >= 0.3 is 5.97 Å². The van der Waals surface area contributed by atoms with Crippen LogP contribution in [0.3, 0.4) is 0 Å². The Balaban J connectivity index is 2.86. The largest absolute Gasteiger partial charge is 0.478 e. The number of hydrogen-bond donors (Lipinski definition) is 3. The van der Waals surface area contributed by atoms with Crippen LogP contribution in [0.2, 0.25) is 5.02 Å². The molecule has 0 aliphatic heterocycles. The number of carboxylic acids is 1. The molecule has 7 nitrogen and oxygen atoms in total. The quantitative estimate of drug-likeness (QED) is 0.650. The second-order valence-electron chi connectivity index (χ2n) is 3.49. The molecule has 1 aromatic carbocycles. The molecule has 0 atom stereocenters. The van der Waals surface area contributed by atoms with Gasteiger partial charge in [0.2, 0.25) is 0 Å². The number of halogens is 1. The predicted octanol–water partition coefficient (Wildman–Crippen LogP) is 0.931. The van der Waals surface area contributed by atoms with E-state index < -0.39 is 16.2 Å². The molecule has 0 aromatic heterocycles. The van der Waals surface area contributed by atoms with Crippen molar-refractivity contribution in [3.63, 3.8) is 0 Å². The first-order chi connectivity index (χ1) is 8.85. The zero-order chi connectivity index (χ0) is 14.5. The summed E-state index contributed by atoms with van der Waals surface area (Å²) in [5.74, 6) is -1.18. The predicted molar refractivity (Wildman–Crippen MR) is 70.8 cm³/mol. The van der Waals surface area contributed by atoms with Gasteiger partial charge in [-0.15, -0.1) is 0 Å². The number of anilines is 1. The molecule has 0 radical (unpaired) electrons. The van der Waals surface area contributed by atoms with E-state index in [9.17, 15) is 13.2 Å². The third-order valence-corrected chi connectivity index (χ3v) is 3.46. The fourth-order valence-corrected chi connectivity index (χ4v) is 2.30. The van der Waals surface area contributed by atoms with Crippen molar-refractivity contribution in [2.75, 3.05) is 25.0 Å². The Hall–Kier alpha value is -1.35. The highest BCUT2D eigenvalue weighted by Gasteiger charge is 2.13. The van der Waals surface area contributed by atoms with Crippen LogP contribution in [0.25, 0.3) is 0 Å². The van der Waals surface area contributed by atoms with Gasteiger partial charge in [-0.1, -0.05) is 11.6 Å². The number of hydrogen-bond acceptors (Lipinski definition) is 4. The Kier molecular flexibility index (Phi) is 5.55. The second kappa shape index (κ2) is 6.71. The summed E-state index contributed by atoms with van der Waals surface area (Å²) >= 11 is 5.80. The molecule has 0 saturated carbocycles. The number of benzene rings is 1. The van der Waals surface area contributed by atoms with Crippen LogP contribution in [0.5, 0.6) is 0 Å². The second-order valence-corrected chi connectivity index (χ2v) is 5.40. The van der Waals surface area contributed by atoms with E-state index in [1.165, 1.54) is 19.2 Å². The van der Waals surface area contributed by atoms with Crippen LogP contribution >= 0.6 is 11.6 Å². The summed E-state index contributed by atoms with van der Waals surface area (Å²) in [5.41, 5.74) is -0.0783. The number of carboxylic acid groups (broad SMARTS) is 1. The third-order valence-electron chi connectivity index (χ3n) is 2.06. The molecule has 19 heavy (non-hydrogen) atoms. The minimum Gasteiger partial charge on any atom is -0.478 e. The van der Waals surface area contributed by atoms with Gasteiger partial charge in [-0.2, -0.15) is 13.1 Å². The molecule has 0 unspecified atom stereocenters. The summed E-state index contributed by atoms with van der Waals surface area (Å²) in [4.78, 5) is 10.8. The topological polar surface area (TPSA) is 105 Å². The van der Waals surface area contributed by atoms with Crippen molar-refractivity contribution in [1.82, 2.24) is 4.72 Å². The van der Waals surface area contributed by atoms with Crippen molar-refractivity contribution in [2.24, 2.45) is 0 Å². The van der Waals surface area contributed by atoms with Gasteiger partial charge in [0.25, 0.3) is 10.2 Å². The smallest absolute Gasteiger partial charge is 0.335 e. The molecule has 1 aromatic rings. The van der Waals surface area contributed by atoms with Crippen LogP contribution in [0.1, 0.15) is 10.4 Å². The first kappa shape index (κ1) is 15.7. The summed E-state index contributed by atoms with van der Waals surface area (Å²) < 4.78 is 32.3. The molecule has 0 bridgehead atoms. The molecular weight excluding hydrogens is 296 g/mol. The van der Waals surface area contributed by atoms with E-state index in [4.69, 9.17) is 21.4 Å². The van der Waals surface area contributed by atoms with Gasteiger partial charge in [0.05, 0.1) is 22.9 Å². The van der Waals surface area contributed by atoms with Crippen molar-refractivity contribution in [3.8, 4) is 0 Å². The van der Waals surface area contributed by atoms with Gasteiger partial charge in [-0.05, 0) is 18.2 Å². The number of ether oxygens (including phenoxy) is 1. The Morgan fingerprint density at radius 1 is 1.47 bits per heavy atom. The van der Waals surface area contributed by atoms with E-state index in [1.807, 2.05) is 0 Å². The molecule has 0 heterocycles. The molecule has 1 rings (SSSR count). The van der Waals surface area contributed by atoms with E-state index in [2.05, 4.69) is 9.44 Å². The van der Waals surface area contributed by atoms with E-state index in [-0.39, 0.29) is 29.4 Å². The summed E-state index contributed by atoms with van der Waals surface area (Å²) in [7, 11) is -2.39. The Morgan fingerprint density at radius 3 is 2.74 bits per heavy atom. The lowest BCUT2D eigenvalue weighted by Crippen LogP contribution is -2.32. The number of nitrogens with one attached hydrogen (secondary N) is 2. The van der Waals surface area contributed by atoms with Crippen molar-refractivity contribution in [2.45, 2.75) is 0 Å². The van der Waals surface area contributed by atoms with Crippen LogP contribution < -0.4 is 9.44 Å². The first-order valence-corrected chi connectivity index (χ1v) is 7.01. The van der Waals surface area contributed by atoms with Gasteiger partial charge < -0.3 is 9.84 Å². The number of aromatic carboxylic acids is 1. The highest BCUT2D eigenvalue weighted by molar-refractivity contribution is 7.90. The minimum absolute atomic E-state index is 0.00789. The molecule has 0 fully saturated rings. The number of methoxy groups -OCH3 is 1. The molecule has 0 spiro atoms. The summed E-state index contributed by atoms with van der Waals surface area (Å²) in [5, 5.41) is 8.92. The third kappa shape index (κ3) is 5.03. The average Bonchev–Trinajstić information content (AvgIpc) is 2.31. The molecule has 9 heteroatoms. The summed E-state index contributed by atoms with van der Waals surface area (Å²) in [6.45, 7) is 0.298. The number of carbonyl (C=O) groups is 1. The van der Waals surface area contributed by atoms with Gasteiger partial charge in [-0.3, -0.25) is 4.72 Å². The van der Waals surface area contributed by atoms with Gasteiger partial charge in [-0.25, -0.2) is 4.79 Å². The lowest BCUT2D eigenvalue weighted by molar-refractivity contribution is 0.0697. The first-order valence-electron chi connectivity index (χ1n) is 5.15. The molecular formula is C10H13ClN2O5S. The standard InChI is InChI=1S/C10H13ClN2O5S/c1-18-5-4-12-19(16,17)13-9-6-7(10(14)15)2-3-8(9)11/h2-3,6,12-13H,4-5H2,1H3,(H,14,15). The number of rotatable bonds is 7. The van der Waals surface area contributed by atoms with Crippen LogP contribution in [0, 0.1) is 0 Å². The van der Waals surface area contributed by atoms with Crippen LogP contribution in [0.15, 0.2) is 18.2 Å². The Morgan fingerprint density at radius 2 is 2.16 bits per heavy atom. The van der Waals surface area contributed by atoms with Crippen molar-refractivity contribution in [1.29, 1.82) is 0 Å². The average molecular weight is 309 g/mol. The van der Waals surface area contributed by atoms with Gasteiger partial charge in [0.1, 0.15) is 0 Å². The molecule has 3 N–H and O–H groups in total. The monoisotopic (exact) mass is 308 g/mol. The fraction of sp³-hybridized carbons (Fsp3) is 0.300. The molecule has 0 aliphatic carbocycles. The molecule has 106 valence electrons. The van der Waals surface area contributed by atoms with Crippen LogP contribution in [-0.2, 0) is 14.9 Å². The summed E-state index contributed by atoms with van der Waals surface area (Å²) in [6.07, 6.45) is 0. The molecule has 0 amide bonds. The molecule has 0 saturated heterocycles. The maximum atomic E-state index is 11.6. The SMILES string of the molecule is COCCNS(=O)(=O)Nc1cc(C(=O)O)ccc1Cl. The van der Waals surface area contributed by atoms with Gasteiger partial charge in [0, 0.05) is 13.7 Å². The van der Waals surface area contributed by atoms with Gasteiger partial charge in [0.15, 0.2) is 0 Å². The van der Waals surface area contributed by atoms with Crippen molar-refractivity contribution in [3.05, 3.63) is 28.8 Å². The normalized spacial score (nSPS) is 11.3. The van der Waals surface area contributed by atoms with E-state index in [0.717, 1.165) is 6.07 Å². The molecule has 0 aliphatic rings. The maximum absolute atomic E-state index is 11.6. The van der Waals surface area contributed by atoms with Crippen molar-refractivity contribution >= 4 is 33.5 Å². The van der Waals surface area contributed by atoms with Crippen molar-refractivity contribution < 1.29 is 23.1 Å². The van der Waals surface area contributed by atoms with Crippen LogP contribution in [0.4, 0.5) is 5.69 Å². The highest BCUT2D eigenvalue weighted by Crippen LogP contribution is 2.23.